The molecule has 182 valence electrons. The van der Waals surface area contributed by atoms with Gasteiger partial charge in [0, 0.05) is 6.54 Å². The number of Topliss-reactive ketones (excluding diaryl/α,β-unsaturated/α-hetero) is 1. The fraction of sp³-hybridized carbons (Fsp3) is 0.400. The van der Waals surface area contributed by atoms with Gasteiger partial charge in [0.1, 0.15) is 6.04 Å². The molecule has 2 bridgehead atoms. The molecule has 1 aliphatic rings. The Morgan fingerprint density at radius 1 is 1.00 bits per heavy atom. The molecule has 0 radical (unpaired) electrons. The van der Waals surface area contributed by atoms with Crippen LogP contribution in [0.5, 0.6) is 0 Å². The van der Waals surface area contributed by atoms with Gasteiger partial charge < -0.3 is 10.6 Å². The van der Waals surface area contributed by atoms with Crippen molar-refractivity contribution in [1.29, 1.82) is 0 Å². The summed E-state index contributed by atoms with van der Waals surface area (Å²) in [7, 11) is -3.96. The van der Waals surface area contributed by atoms with E-state index >= 15 is 0 Å². The number of amides is 2. The third-order valence-corrected chi connectivity index (χ3v) is 7.24. The first-order valence-electron chi connectivity index (χ1n) is 11.4. The predicted molar refractivity (Wildman–Crippen MR) is 128 cm³/mol. The summed E-state index contributed by atoms with van der Waals surface area (Å²) in [6.07, 6.45) is 2.19. The van der Waals surface area contributed by atoms with Gasteiger partial charge in [0.15, 0.2) is 0 Å². The number of hydrogen-bond donors (Lipinski definition) is 3. The van der Waals surface area contributed by atoms with Gasteiger partial charge in [0.05, 0.1) is 10.9 Å². The molecule has 34 heavy (non-hydrogen) atoms. The molecule has 0 saturated carbocycles. The van der Waals surface area contributed by atoms with E-state index in [1.165, 1.54) is 12.1 Å². The van der Waals surface area contributed by atoms with Crippen molar-refractivity contribution in [3.05, 3.63) is 65.7 Å². The lowest BCUT2D eigenvalue weighted by molar-refractivity contribution is -0.140. The van der Waals surface area contributed by atoms with Gasteiger partial charge in [-0.2, -0.15) is 4.72 Å². The van der Waals surface area contributed by atoms with Crippen molar-refractivity contribution in [1.82, 2.24) is 15.4 Å². The molecule has 2 atom stereocenters. The maximum absolute atomic E-state index is 13.1. The van der Waals surface area contributed by atoms with E-state index in [0.717, 1.165) is 17.5 Å². The van der Waals surface area contributed by atoms with Crippen LogP contribution in [0.15, 0.2) is 59.5 Å². The Bertz CT molecular complexity index is 1130. The van der Waals surface area contributed by atoms with Crippen molar-refractivity contribution in [3.63, 3.8) is 0 Å². The Labute approximate surface area is 200 Å². The smallest absolute Gasteiger partial charge is 0.289 e. The average molecular weight is 486 g/mol. The molecular weight excluding hydrogens is 454 g/mol. The molecule has 0 aromatic heterocycles. The van der Waals surface area contributed by atoms with E-state index in [4.69, 9.17) is 0 Å². The SMILES string of the molecule is CC(C)C(NS(=O)(=O)c1ccccc1)C(=O)NC1CCc2cccc(c2)CCCNC(=O)C1=O. The summed E-state index contributed by atoms with van der Waals surface area (Å²) >= 11 is 0. The first-order chi connectivity index (χ1) is 16.2. The minimum Gasteiger partial charge on any atom is -0.349 e. The van der Waals surface area contributed by atoms with Crippen LogP contribution in [0.25, 0.3) is 0 Å². The molecule has 2 amide bonds. The molecule has 2 unspecified atom stereocenters. The van der Waals surface area contributed by atoms with Gasteiger partial charge in [-0.1, -0.05) is 56.3 Å². The van der Waals surface area contributed by atoms with E-state index in [9.17, 15) is 22.8 Å². The van der Waals surface area contributed by atoms with Gasteiger partial charge in [0.2, 0.25) is 21.7 Å². The Morgan fingerprint density at radius 3 is 2.35 bits per heavy atom. The molecule has 8 nitrogen and oxygen atoms in total. The quantitative estimate of drug-likeness (QED) is 0.538. The minimum atomic E-state index is -3.96. The predicted octanol–water partition coefficient (Wildman–Crippen LogP) is 1.74. The summed E-state index contributed by atoms with van der Waals surface area (Å²) in [5.41, 5.74) is 2.16. The topological polar surface area (TPSA) is 121 Å². The van der Waals surface area contributed by atoms with E-state index in [2.05, 4.69) is 21.4 Å². The van der Waals surface area contributed by atoms with Crippen LogP contribution in [-0.4, -0.2) is 44.6 Å². The van der Waals surface area contributed by atoms with E-state index in [1.54, 1.807) is 32.0 Å². The standard InChI is InChI=1S/C25H31N3O5S/c1-17(2)22(28-34(32,33)20-11-4-3-5-12-20)24(30)27-21-14-13-19-9-6-8-18(16-19)10-7-15-26-25(31)23(21)29/h3-6,8-9,11-12,16-17,21-22,28H,7,10,13-15H2,1-2H3,(H,26,31)(H,27,30). The molecule has 0 spiro atoms. The molecule has 0 aliphatic carbocycles. The summed E-state index contributed by atoms with van der Waals surface area (Å²) in [4.78, 5) is 38.5. The zero-order valence-corrected chi connectivity index (χ0v) is 20.2. The van der Waals surface area contributed by atoms with Crippen LogP contribution in [0, 0.1) is 5.92 Å². The summed E-state index contributed by atoms with van der Waals surface area (Å²) in [5.74, 6) is -2.54. The molecular formula is C25H31N3O5S. The highest BCUT2D eigenvalue weighted by Crippen LogP contribution is 2.14. The van der Waals surface area contributed by atoms with Crippen LogP contribution in [0.1, 0.15) is 37.8 Å². The number of carbonyl (C=O) groups excluding carboxylic acids is 3. The summed E-state index contributed by atoms with van der Waals surface area (Å²) in [6, 6.07) is 13.6. The maximum atomic E-state index is 13.1. The lowest BCUT2D eigenvalue weighted by Crippen LogP contribution is -2.55. The first-order valence-corrected chi connectivity index (χ1v) is 12.9. The summed E-state index contributed by atoms with van der Waals surface area (Å²) in [5, 5.41) is 5.26. The normalized spacial score (nSPS) is 18.4. The van der Waals surface area contributed by atoms with E-state index in [-0.39, 0.29) is 11.3 Å². The molecule has 1 aliphatic heterocycles. The van der Waals surface area contributed by atoms with Crippen molar-refractivity contribution in [2.45, 2.75) is 56.5 Å². The lowest BCUT2D eigenvalue weighted by Gasteiger charge is -2.25. The van der Waals surface area contributed by atoms with Crippen LogP contribution < -0.4 is 15.4 Å². The van der Waals surface area contributed by atoms with Crippen LogP contribution in [0.3, 0.4) is 0 Å². The number of ketones is 1. The van der Waals surface area contributed by atoms with Crippen molar-refractivity contribution in [2.75, 3.05) is 6.54 Å². The van der Waals surface area contributed by atoms with Crippen molar-refractivity contribution < 1.29 is 22.8 Å². The molecule has 0 fully saturated rings. The number of benzene rings is 2. The zero-order valence-electron chi connectivity index (χ0n) is 19.4. The molecule has 2 aromatic rings. The van der Waals surface area contributed by atoms with E-state index < -0.39 is 45.6 Å². The van der Waals surface area contributed by atoms with Crippen molar-refractivity contribution >= 4 is 27.6 Å². The van der Waals surface area contributed by atoms with Gasteiger partial charge in [-0.05, 0) is 54.9 Å². The van der Waals surface area contributed by atoms with Crippen LogP contribution in [0.2, 0.25) is 0 Å². The van der Waals surface area contributed by atoms with Gasteiger partial charge in [-0.25, -0.2) is 8.42 Å². The number of nitrogens with one attached hydrogen (secondary N) is 3. The largest absolute Gasteiger partial charge is 0.349 e. The number of hydrogen-bond acceptors (Lipinski definition) is 5. The maximum Gasteiger partial charge on any atom is 0.289 e. The monoisotopic (exact) mass is 485 g/mol. The molecule has 2 aromatic carbocycles. The fourth-order valence-corrected chi connectivity index (χ4v) is 5.21. The Hall–Kier alpha value is -3.04. The van der Waals surface area contributed by atoms with Gasteiger partial charge in [-0.15, -0.1) is 0 Å². The van der Waals surface area contributed by atoms with Crippen LogP contribution in [0.4, 0.5) is 0 Å². The number of sulfonamides is 1. The van der Waals surface area contributed by atoms with Gasteiger partial charge in [0.25, 0.3) is 5.91 Å². The highest BCUT2D eigenvalue weighted by atomic mass is 32.2. The fourth-order valence-electron chi connectivity index (χ4n) is 3.85. The summed E-state index contributed by atoms with van der Waals surface area (Å²) < 4.78 is 28.0. The van der Waals surface area contributed by atoms with Crippen LogP contribution >= 0.6 is 0 Å². The number of aryl methyl sites for hydroxylation is 2. The molecule has 9 heteroatoms. The van der Waals surface area contributed by atoms with Crippen molar-refractivity contribution in [3.8, 4) is 0 Å². The number of fused-ring (bicyclic) bond motifs is 2. The van der Waals surface area contributed by atoms with Crippen molar-refractivity contribution in [2.24, 2.45) is 5.92 Å². The highest BCUT2D eigenvalue weighted by Gasteiger charge is 2.33. The number of rotatable bonds is 6. The van der Waals surface area contributed by atoms with Gasteiger partial charge >= 0.3 is 0 Å². The average Bonchev–Trinajstić information content (AvgIpc) is 2.82. The second-order valence-corrected chi connectivity index (χ2v) is 10.5. The second-order valence-electron chi connectivity index (χ2n) is 8.80. The highest BCUT2D eigenvalue weighted by molar-refractivity contribution is 7.89. The number of carbonyl (C=O) groups is 3. The Morgan fingerprint density at radius 2 is 1.68 bits per heavy atom. The lowest BCUT2D eigenvalue weighted by atomic mass is 9.97. The Balaban J connectivity index is 1.79. The van der Waals surface area contributed by atoms with E-state index in [1.807, 2.05) is 18.2 Å². The minimum absolute atomic E-state index is 0.0368. The first kappa shape index (κ1) is 25.6. The van der Waals surface area contributed by atoms with Gasteiger partial charge in [-0.3, -0.25) is 14.4 Å². The third-order valence-electron chi connectivity index (χ3n) is 5.78. The van der Waals surface area contributed by atoms with E-state index in [0.29, 0.717) is 19.4 Å². The zero-order chi connectivity index (χ0) is 24.7. The molecule has 0 saturated heterocycles. The summed E-state index contributed by atoms with van der Waals surface area (Å²) in [6.45, 7) is 3.76. The third kappa shape index (κ3) is 6.74. The van der Waals surface area contributed by atoms with Crippen LogP contribution in [-0.2, 0) is 37.2 Å². The molecule has 3 rings (SSSR count). The molecule has 1 heterocycles. The Kier molecular flexibility index (Phi) is 8.57. The molecule has 3 N–H and O–H groups in total. The second kappa shape index (κ2) is 11.4.